The molecule has 31 heavy (non-hydrogen) atoms. The molecule has 154 valence electrons. The van der Waals surface area contributed by atoms with Crippen LogP contribution in [-0.2, 0) is 0 Å². The molecule has 5 rings (SSSR count). The minimum atomic E-state index is -1.28. The molecular formula is C24H20N4O3. The van der Waals surface area contributed by atoms with E-state index in [0.717, 1.165) is 5.56 Å². The summed E-state index contributed by atoms with van der Waals surface area (Å²) in [5.74, 6) is -0.295. The van der Waals surface area contributed by atoms with Crippen molar-refractivity contribution in [2.45, 2.75) is 24.5 Å². The van der Waals surface area contributed by atoms with Crippen LogP contribution in [0.15, 0.2) is 90.0 Å². The van der Waals surface area contributed by atoms with Crippen LogP contribution in [0.3, 0.4) is 0 Å². The molecule has 7 nitrogen and oxygen atoms in total. The highest BCUT2D eigenvalue weighted by atomic mass is 16.6. The van der Waals surface area contributed by atoms with Gasteiger partial charge in [-0.2, -0.15) is 5.10 Å². The Morgan fingerprint density at radius 1 is 0.968 bits per heavy atom. The summed E-state index contributed by atoms with van der Waals surface area (Å²) in [5, 5.41) is 22.2. The van der Waals surface area contributed by atoms with Gasteiger partial charge in [-0.3, -0.25) is 19.9 Å². The third-order valence-electron chi connectivity index (χ3n) is 6.02. The quantitative estimate of drug-likeness (QED) is 0.511. The first-order valence-corrected chi connectivity index (χ1v) is 10.0. The molecule has 2 aliphatic rings. The van der Waals surface area contributed by atoms with Crippen molar-refractivity contribution in [3.63, 3.8) is 0 Å². The average Bonchev–Trinajstić information content (AvgIpc) is 2.79. The van der Waals surface area contributed by atoms with E-state index in [0.29, 0.717) is 16.9 Å². The lowest BCUT2D eigenvalue weighted by atomic mass is 9.74. The number of rotatable bonds is 3. The Labute approximate surface area is 179 Å². The maximum atomic E-state index is 13.4. The zero-order valence-corrected chi connectivity index (χ0v) is 16.8. The van der Waals surface area contributed by atoms with E-state index in [1.54, 1.807) is 36.2 Å². The molecule has 0 radical (unpaired) electrons. The number of nitrogens with one attached hydrogen (secondary N) is 1. The first-order valence-electron chi connectivity index (χ1n) is 10.0. The summed E-state index contributed by atoms with van der Waals surface area (Å²) < 4.78 is 0. The molecule has 3 aromatic rings. The van der Waals surface area contributed by atoms with E-state index in [-0.39, 0.29) is 16.4 Å². The Morgan fingerprint density at radius 3 is 2.26 bits per heavy atom. The van der Waals surface area contributed by atoms with Crippen molar-refractivity contribution in [2.75, 3.05) is 10.3 Å². The van der Waals surface area contributed by atoms with Crippen molar-refractivity contribution >= 4 is 22.9 Å². The summed E-state index contributed by atoms with van der Waals surface area (Å²) in [6.07, 6.45) is 0. The normalized spacial score (nSPS) is 24.5. The molecule has 0 saturated carbocycles. The highest BCUT2D eigenvalue weighted by Crippen LogP contribution is 2.44. The smallest absolute Gasteiger partial charge is 0.267 e. The second-order valence-electron chi connectivity index (χ2n) is 7.92. The number of hydrazone groups is 1. The number of carbonyl (C=O) groups excluding carboxylic acids is 1. The Kier molecular flexibility index (Phi) is 4.32. The second-order valence-corrected chi connectivity index (χ2v) is 7.92. The lowest BCUT2D eigenvalue weighted by Gasteiger charge is -2.47. The standard InChI is InChI=1S/C24H20N4O3/c1-24-22(21(29)18-14-8-9-15-19(18)25-24)26-27(17-12-6-3-7-13-17)20(23(24)28(30)31)16-10-4-2-5-11-16/h2-15,20,23,25H,1H3/t20-,23-,24?/m0/s1. The van der Waals surface area contributed by atoms with Crippen LogP contribution in [0.1, 0.15) is 28.9 Å². The summed E-state index contributed by atoms with van der Waals surface area (Å²) in [6.45, 7) is 1.70. The number of anilines is 2. The van der Waals surface area contributed by atoms with Crippen molar-refractivity contribution in [1.82, 2.24) is 0 Å². The molecule has 1 unspecified atom stereocenters. The van der Waals surface area contributed by atoms with Gasteiger partial charge in [0.15, 0.2) is 5.54 Å². The van der Waals surface area contributed by atoms with Crippen molar-refractivity contribution in [3.05, 3.63) is 106 Å². The maximum Gasteiger partial charge on any atom is 0.267 e. The molecule has 1 N–H and O–H groups in total. The van der Waals surface area contributed by atoms with E-state index in [1.165, 1.54) is 0 Å². The van der Waals surface area contributed by atoms with Crippen LogP contribution in [0.4, 0.5) is 11.4 Å². The van der Waals surface area contributed by atoms with Crippen molar-refractivity contribution in [2.24, 2.45) is 5.10 Å². The van der Waals surface area contributed by atoms with Crippen LogP contribution in [0, 0.1) is 10.1 Å². The third kappa shape index (κ3) is 2.89. The lowest BCUT2D eigenvalue weighted by molar-refractivity contribution is -0.533. The van der Waals surface area contributed by atoms with E-state index < -0.39 is 17.6 Å². The summed E-state index contributed by atoms with van der Waals surface area (Å²) in [4.78, 5) is 25.7. The molecular weight excluding hydrogens is 392 g/mol. The SMILES string of the molecule is CC12Nc3ccccc3C(=O)C1=NN(c1ccccc1)[C@@H](c1ccccc1)[C@@H]2[N+](=O)[O-]. The van der Waals surface area contributed by atoms with Gasteiger partial charge >= 0.3 is 0 Å². The Bertz CT molecular complexity index is 1200. The number of carbonyl (C=O) groups is 1. The topological polar surface area (TPSA) is 87.8 Å². The number of hydrogen-bond acceptors (Lipinski definition) is 6. The Balaban J connectivity index is 1.78. The van der Waals surface area contributed by atoms with E-state index in [9.17, 15) is 14.9 Å². The first kappa shape index (κ1) is 19.0. The van der Waals surface area contributed by atoms with Crippen LogP contribution >= 0.6 is 0 Å². The van der Waals surface area contributed by atoms with Crippen LogP contribution in [0.2, 0.25) is 0 Å². The summed E-state index contributed by atoms with van der Waals surface area (Å²) in [6, 6.07) is 23.7. The number of Topliss-reactive ketones (excluding diaryl/α,β-unsaturated/α-hetero) is 1. The van der Waals surface area contributed by atoms with Crippen LogP contribution in [0.25, 0.3) is 0 Å². The number of para-hydroxylation sites is 2. The third-order valence-corrected chi connectivity index (χ3v) is 6.02. The average molecular weight is 412 g/mol. The van der Waals surface area contributed by atoms with E-state index in [1.807, 2.05) is 60.7 Å². The summed E-state index contributed by atoms with van der Waals surface area (Å²) in [5.41, 5.74) is 1.35. The first-order chi connectivity index (χ1) is 15.0. The fraction of sp³-hybridized carbons (Fsp3) is 0.167. The van der Waals surface area contributed by atoms with E-state index in [4.69, 9.17) is 5.10 Å². The van der Waals surface area contributed by atoms with Gasteiger partial charge < -0.3 is 5.32 Å². The second kappa shape index (κ2) is 7.05. The molecule has 0 aromatic heterocycles. The Hall–Kier alpha value is -4.00. The molecule has 2 heterocycles. The van der Waals surface area contributed by atoms with E-state index >= 15 is 0 Å². The summed E-state index contributed by atoms with van der Waals surface area (Å²) >= 11 is 0. The zero-order valence-electron chi connectivity index (χ0n) is 16.8. The maximum absolute atomic E-state index is 13.4. The van der Waals surface area contributed by atoms with Crippen molar-refractivity contribution in [1.29, 1.82) is 0 Å². The van der Waals surface area contributed by atoms with Gasteiger partial charge in [0.05, 0.1) is 5.69 Å². The molecule has 0 bridgehead atoms. The highest BCUT2D eigenvalue weighted by Gasteiger charge is 2.61. The Morgan fingerprint density at radius 2 is 1.58 bits per heavy atom. The minimum absolute atomic E-state index is 0.143. The zero-order chi connectivity index (χ0) is 21.6. The lowest BCUT2D eigenvalue weighted by Crippen LogP contribution is -2.67. The van der Waals surface area contributed by atoms with Crippen LogP contribution < -0.4 is 10.3 Å². The fourth-order valence-corrected chi connectivity index (χ4v) is 4.57. The summed E-state index contributed by atoms with van der Waals surface area (Å²) in [7, 11) is 0. The van der Waals surface area contributed by atoms with Crippen LogP contribution in [-0.4, -0.2) is 28.0 Å². The molecule has 0 saturated heterocycles. The molecule has 0 spiro atoms. The van der Waals surface area contributed by atoms with Gasteiger partial charge in [0.2, 0.25) is 5.78 Å². The van der Waals surface area contributed by atoms with Gasteiger partial charge in [-0.25, -0.2) is 0 Å². The van der Waals surface area contributed by atoms with Crippen LogP contribution in [0.5, 0.6) is 0 Å². The fourth-order valence-electron chi connectivity index (χ4n) is 4.57. The molecule has 0 aliphatic carbocycles. The molecule has 2 aliphatic heterocycles. The predicted molar refractivity (Wildman–Crippen MR) is 119 cm³/mol. The van der Waals surface area contributed by atoms with Gasteiger partial charge in [0.1, 0.15) is 11.8 Å². The molecule has 3 aromatic carbocycles. The number of nitrogens with zero attached hydrogens (tertiary/aromatic N) is 3. The molecule has 7 heteroatoms. The number of benzene rings is 3. The monoisotopic (exact) mass is 412 g/mol. The molecule has 3 atom stereocenters. The van der Waals surface area contributed by atoms with Gasteiger partial charge in [-0.1, -0.05) is 60.7 Å². The van der Waals surface area contributed by atoms with E-state index in [2.05, 4.69) is 5.32 Å². The highest BCUT2D eigenvalue weighted by molar-refractivity contribution is 6.52. The van der Waals surface area contributed by atoms with Gasteiger partial charge in [0.25, 0.3) is 6.04 Å². The van der Waals surface area contributed by atoms with Crippen molar-refractivity contribution < 1.29 is 9.72 Å². The van der Waals surface area contributed by atoms with Gasteiger partial charge in [0, 0.05) is 16.2 Å². The predicted octanol–water partition coefficient (Wildman–Crippen LogP) is 4.32. The minimum Gasteiger partial charge on any atom is -0.368 e. The number of fused-ring (bicyclic) bond motifs is 2. The van der Waals surface area contributed by atoms with Gasteiger partial charge in [-0.15, -0.1) is 0 Å². The van der Waals surface area contributed by atoms with Crippen molar-refractivity contribution in [3.8, 4) is 0 Å². The largest absolute Gasteiger partial charge is 0.368 e. The number of nitro groups is 1. The van der Waals surface area contributed by atoms with Gasteiger partial charge in [-0.05, 0) is 36.8 Å². The molecule has 0 fully saturated rings. The number of ketones is 1. The number of hydrogen-bond donors (Lipinski definition) is 1. The molecule has 0 amide bonds.